The highest BCUT2D eigenvalue weighted by atomic mass is 28.3. The van der Waals surface area contributed by atoms with Gasteiger partial charge in [0.15, 0.2) is 29.4 Å². The molecule has 11 nitrogen and oxygen atoms in total. The average Bonchev–Trinajstić information content (AvgIpc) is 3.61. The van der Waals surface area contributed by atoms with Crippen molar-refractivity contribution in [3.63, 3.8) is 0 Å². The molecule has 1 fully saturated rings. The molecule has 0 bridgehead atoms. The van der Waals surface area contributed by atoms with Crippen LogP contribution in [-0.2, 0) is 37.0 Å². The monoisotopic (exact) mass is 642 g/mol. The molecule has 1 saturated heterocycles. The van der Waals surface area contributed by atoms with Crippen LogP contribution in [0.4, 0.5) is 11.8 Å². The van der Waals surface area contributed by atoms with E-state index in [9.17, 15) is 4.79 Å². The van der Waals surface area contributed by atoms with E-state index in [1.807, 2.05) is 60.7 Å². The first-order valence-electron chi connectivity index (χ1n) is 15.6. The van der Waals surface area contributed by atoms with Crippen LogP contribution in [0.3, 0.4) is 0 Å². The Hall–Kier alpha value is -4.28. The summed E-state index contributed by atoms with van der Waals surface area (Å²) in [5, 5.41) is 0. The largest absolute Gasteiger partial charge is 0.455 e. The number of anilines is 2. The number of ether oxygens (including phenoxy) is 4. The van der Waals surface area contributed by atoms with Crippen molar-refractivity contribution in [3.8, 4) is 11.5 Å². The van der Waals surface area contributed by atoms with Gasteiger partial charge in [-0.05, 0) is 29.3 Å². The third kappa shape index (κ3) is 7.08. The van der Waals surface area contributed by atoms with Crippen molar-refractivity contribution in [1.82, 2.24) is 19.5 Å². The molecule has 242 valence electrons. The fraction of sp³-hybridized carbons (Fsp3) is 0.412. The number of esters is 1. The maximum atomic E-state index is 12.7. The summed E-state index contributed by atoms with van der Waals surface area (Å²) in [5.74, 6) is 3.16. The number of hydrogen-bond acceptors (Lipinski definition) is 10. The van der Waals surface area contributed by atoms with Crippen molar-refractivity contribution in [1.29, 1.82) is 0 Å². The van der Waals surface area contributed by atoms with Gasteiger partial charge in [0.2, 0.25) is 5.95 Å². The minimum Gasteiger partial charge on any atom is -0.455 e. The summed E-state index contributed by atoms with van der Waals surface area (Å²) >= 11 is 0. The van der Waals surface area contributed by atoms with Gasteiger partial charge in [0.1, 0.15) is 19.7 Å². The summed E-state index contributed by atoms with van der Waals surface area (Å²) in [6.07, 6.45) is -1.22. The number of benzene rings is 2. The van der Waals surface area contributed by atoms with E-state index in [-0.39, 0.29) is 25.0 Å². The van der Waals surface area contributed by atoms with Crippen LogP contribution in [-0.4, -0.2) is 58.0 Å². The van der Waals surface area contributed by atoms with Crippen LogP contribution in [0.5, 0.6) is 0 Å². The Morgan fingerprint density at radius 2 is 1.61 bits per heavy atom. The van der Waals surface area contributed by atoms with Crippen molar-refractivity contribution >= 4 is 37.0 Å². The van der Waals surface area contributed by atoms with E-state index in [0.717, 1.165) is 29.3 Å². The van der Waals surface area contributed by atoms with E-state index in [4.69, 9.17) is 30.4 Å². The third-order valence-electron chi connectivity index (χ3n) is 8.68. The highest BCUT2D eigenvalue weighted by molar-refractivity contribution is 6.87. The Kier molecular flexibility index (Phi) is 10.4. The van der Waals surface area contributed by atoms with E-state index in [1.165, 1.54) is 13.3 Å². The number of imidazole rings is 1. The first-order chi connectivity index (χ1) is 22.2. The quantitative estimate of drug-likeness (QED) is 0.122. The van der Waals surface area contributed by atoms with Gasteiger partial charge in [-0.25, -0.2) is 4.98 Å². The lowest BCUT2D eigenvalue weighted by Crippen LogP contribution is -2.49. The van der Waals surface area contributed by atoms with Gasteiger partial charge in [0.05, 0.1) is 26.1 Å². The van der Waals surface area contributed by atoms with Crippen LogP contribution in [0.2, 0.25) is 18.1 Å². The predicted molar refractivity (Wildman–Crippen MR) is 179 cm³/mol. The molecule has 4 N–H and O–H groups in total. The summed E-state index contributed by atoms with van der Waals surface area (Å²) < 4.78 is 27.7. The van der Waals surface area contributed by atoms with Crippen LogP contribution in [0.1, 0.15) is 45.0 Å². The Morgan fingerprint density at radius 1 is 0.978 bits per heavy atom. The average molecular weight is 643 g/mol. The summed E-state index contributed by atoms with van der Waals surface area (Å²) in [5.41, 5.74) is 17.1. The van der Waals surface area contributed by atoms with Crippen molar-refractivity contribution in [3.05, 3.63) is 78.1 Å². The number of nitrogen functional groups attached to an aromatic ring is 2. The van der Waals surface area contributed by atoms with E-state index < -0.39 is 38.1 Å². The molecule has 46 heavy (non-hydrogen) atoms. The maximum Gasteiger partial charge on any atom is 0.303 e. The van der Waals surface area contributed by atoms with Crippen LogP contribution in [0.25, 0.3) is 11.2 Å². The van der Waals surface area contributed by atoms with Gasteiger partial charge in [-0.1, -0.05) is 87.4 Å². The number of rotatable bonds is 12. The molecule has 0 amide bonds. The maximum absolute atomic E-state index is 12.7. The summed E-state index contributed by atoms with van der Waals surface area (Å²) in [7, 11) is -1.99. The number of nitrogens with zero attached hydrogens (tertiary/aromatic N) is 4. The van der Waals surface area contributed by atoms with Crippen molar-refractivity contribution in [2.24, 2.45) is 0 Å². The van der Waals surface area contributed by atoms with Crippen LogP contribution in [0.15, 0.2) is 67.0 Å². The molecular weight excluding hydrogens is 600 g/mol. The Bertz CT molecular complexity index is 1680. The zero-order valence-electron chi connectivity index (χ0n) is 26.8. The van der Waals surface area contributed by atoms with Crippen molar-refractivity contribution in [2.75, 3.05) is 18.1 Å². The molecular formula is C34H42N6O5Si. The molecule has 0 radical (unpaired) electrons. The topological polar surface area (TPSA) is 150 Å². The zero-order valence-corrected chi connectivity index (χ0v) is 27.8. The van der Waals surface area contributed by atoms with Gasteiger partial charge < -0.3 is 30.4 Å². The lowest BCUT2D eigenvalue weighted by Gasteiger charge is -2.31. The molecule has 4 atom stereocenters. The van der Waals surface area contributed by atoms with E-state index in [1.54, 1.807) is 4.57 Å². The Morgan fingerprint density at radius 3 is 2.22 bits per heavy atom. The molecule has 4 aromatic rings. The molecule has 3 heterocycles. The fourth-order valence-electron chi connectivity index (χ4n) is 5.82. The van der Waals surface area contributed by atoms with E-state index >= 15 is 0 Å². The fourth-order valence-corrected chi connectivity index (χ4v) is 8.33. The third-order valence-corrected chi connectivity index (χ3v) is 13.4. The number of carbonyl (C=O) groups excluding carboxylic acids is 1. The molecule has 1 aliphatic heterocycles. The zero-order chi connectivity index (χ0) is 32.7. The van der Waals surface area contributed by atoms with Gasteiger partial charge in [0, 0.05) is 6.92 Å². The summed E-state index contributed by atoms with van der Waals surface area (Å²) in [4.78, 5) is 25.6. The Labute approximate surface area is 270 Å². The number of carbonyl (C=O) groups is 1. The molecule has 0 aliphatic carbocycles. The molecule has 0 saturated carbocycles. The van der Waals surface area contributed by atoms with Gasteiger partial charge >= 0.3 is 5.97 Å². The second-order valence-corrected chi connectivity index (χ2v) is 16.5. The molecule has 2 aromatic heterocycles. The SMILES string of the molecule is CC[Si](C#C[C@]1(COCc2ccccc2)O[C@@H](n2cnc3c(N)nc(N)nc32)[C@H](OC(C)=O)[C@@H]1OCc1ccccc1)(CC)CC. The normalized spacial score (nSPS) is 21.2. The van der Waals surface area contributed by atoms with Gasteiger partial charge in [-0.2, -0.15) is 9.97 Å². The highest BCUT2D eigenvalue weighted by Gasteiger charge is 2.59. The molecule has 0 spiro atoms. The number of fused-ring (bicyclic) bond motifs is 1. The van der Waals surface area contributed by atoms with Gasteiger partial charge in [-0.15, -0.1) is 5.54 Å². The first-order valence-corrected chi connectivity index (χ1v) is 18.3. The first kappa shape index (κ1) is 33.1. The molecule has 2 aromatic carbocycles. The van der Waals surface area contributed by atoms with Crippen LogP contribution >= 0.6 is 0 Å². The molecule has 5 rings (SSSR count). The lowest BCUT2D eigenvalue weighted by atomic mass is 9.96. The molecule has 12 heteroatoms. The second kappa shape index (κ2) is 14.4. The van der Waals surface area contributed by atoms with E-state index in [2.05, 4.69) is 47.2 Å². The minimum absolute atomic E-state index is 0.0208. The van der Waals surface area contributed by atoms with Crippen LogP contribution in [0, 0.1) is 11.5 Å². The van der Waals surface area contributed by atoms with Crippen LogP contribution < -0.4 is 11.5 Å². The smallest absolute Gasteiger partial charge is 0.303 e. The van der Waals surface area contributed by atoms with E-state index in [0.29, 0.717) is 17.8 Å². The second-order valence-electron chi connectivity index (χ2n) is 11.5. The summed E-state index contributed by atoms with van der Waals surface area (Å²) in [6, 6.07) is 22.6. The van der Waals surface area contributed by atoms with Gasteiger partial charge in [0.25, 0.3) is 0 Å². The van der Waals surface area contributed by atoms with Gasteiger partial charge in [-0.3, -0.25) is 9.36 Å². The number of hydrogen-bond donors (Lipinski definition) is 2. The van der Waals surface area contributed by atoms with Crippen molar-refractivity contribution < 1.29 is 23.7 Å². The summed E-state index contributed by atoms with van der Waals surface area (Å²) in [6.45, 7) is 8.55. The Balaban J connectivity index is 1.65. The minimum atomic E-state index is -1.99. The number of aromatic nitrogens is 4. The van der Waals surface area contributed by atoms with Crippen molar-refractivity contribution in [2.45, 2.75) is 83.1 Å². The lowest BCUT2D eigenvalue weighted by molar-refractivity contribution is -0.158. The highest BCUT2D eigenvalue weighted by Crippen LogP contribution is 2.43. The molecule has 1 aliphatic rings. The standard InChI is InChI=1S/C34H42N6O5Si/c1-5-46(6-2,7-3)19-18-34(22-42-20-25-14-10-8-11-15-25)29(43-21-26-16-12-9-13-17-26)28(44-24(4)41)32(45-34)40-23-37-27-30(35)38-33(36)39-31(27)40/h8-17,23,28-29,32H,5-7,20-22H2,1-4H3,(H4,35,36,38,39)/t28-,29+,32-,34-/m1/s1. The predicted octanol–water partition coefficient (Wildman–Crippen LogP) is 5.04. The molecule has 0 unspecified atom stereocenters. The number of nitrogens with two attached hydrogens (primary N) is 2.